The molecule has 1 N–H and O–H groups in total. The summed E-state index contributed by atoms with van der Waals surface area (Å²) < 4.78 is 0. The molecule has 4 nitrogen and oxygen atoms in total. The quantitative estimate of drug-likeness (QED) is 0.574. The lowest BCUT2D eigenvalue weighted by atomic mass is 9.87. The van der Waals surface area contributed by atoms with Gasteiger partial charge < -0.3 is 14.8 Å². The molecule has 0 atom stereocenters. The summed E-state index contributed by atoms with van der Waals surface area (Å²) in [6, 6.07) is 14.5. The van der Waals surface area contributed by atoms with Crippen molar-refractivity contribution >= 4 is 23.5 Å². The van der Waals surface area contributed by atoms with E-state index >= 15 is 0 Å². The lowest BCUT2D eigenvalue weighted by Gasteiger charge is -2.31. The average molecular weight is 442 g/mol. The van der Waals surface area contributed by atoms with Crippen LogP contribution in [0, 0.1) is 5.92 Å². The van der Waals surface area contributed by atoms with Crippen molar-refractivity contribution in [1.82, 2.24) is 0 Å². The van der Waals surface area contributed by atoms with Crippen molar-refractivity contribution in [3.8, 4) is 0 Å². The largest absolute Gasteiger partial charge is 0.478 e. The van der Waals surface area contributed by atoms with Gasteiger partial charge in [0.25, 0.3) is 0 Å². The number of benzene rings is 2. The average Bonchev–Trinajstić information content (AvgIpc) is 3.32. The number of aldehydes is 1. The van der Waals surface area contributed by atoms with E-state index in [2.05, 4.69) is 35.2 Å². The number of rotatable bonds is 5. The summed E-state index contributed by atoms with van der Waals surface area (Å²) in [6.07, 6.45) is 11.8. The van der Waals surface area contributed by atoms with Crippen molar-refractivity contribution in [2.75, 3.05) is 18.0 Å². The Labute approximate surface area is 195 Å². The molecule has 0 aromatic heterocycles. The second-order valence-electron chi connectivity index (χ2n) is 9.51. The molecule has 0 spiro atoms. The number of piperidine rings is 1. The number of carbonyl (C=O) groups is 2. The van der Waals surface area contributed by atoms with E-state index in [0.29, 0.717) is 5.56 Å². The molecule has 1 heterocycles. The van der Waals surface area contributed by atoms with Gasteiger partial charge in [-0.1, -0.05) is 24.3 Å². The molecule has 1 fully saturated rings. The van der Waals surface area contributed by atoms with Crippen LogP contribution in [0.3, 0.4) is 0 Å². The van der Waals surface area contributed by atoms with Crippen LogP contribution in [0.2, 0.25) is 0 Å². The Morgan fingerprint density at radius 2 is 1.76 bits per heavy atom. The van der Waals surface area contributed by atoms with Gasteiger partial charge >= 0.3 is 5.97 Å². The molecule has 0 bridgehead atoms. The number of hydrogen-bond acceptors (Lipinski definition) is 3. The lowest BCUT2D eigenvalue weighted by molar-refractivity contribution is -0.111. The maximum absolute atomic E-state index is 11.6. The highest BCUT2D eigenvalue weighted by Crippen LogP contribution is 2.41. The Balaban J connectivity index is 1.54. The molecule has 0 radical (unpaired) electrons. The zero-order chi connectivity index (χ0) is 22.8. The number of fused-ring (bicyclic) bond motifs is 1. The fraction of sp³-hybridized carbons (Fsp3) is 0.379. The molecular formula is C29H31NO3. The summed E-state index contributed by atoms with van der Waals surface area (Å²) in [5.74, 6) is -0.667. The van der Waals surface area contributed by atoms with Gasteiger partial charge in [0.2, 0.25) is 0 Å². The van der Waals surface area contributed by atoms with E-state index in [1.807, 2.05) is 12.1 Å². The molecule has 2 aliphatic carbocycles. The lowest BCUT2D eigenvalue weighted by Crippen LogP contribution is -2.34. The number of hydrogen-bond donors (Lipinski definition) is 1. The van der Waals surface area contributed by atoms with E-state index < -0.39 is 5.97 Å². The summed E-state index contributed by atoms with van der Waals surface area (Å²) in [6.45, 7) is 1.84. The fourth-order valence-corrected chi connectivity index (χ4v) is 5.65. The van der Waals surface area contributed by atoms with E-state index in [1.165, 1.54) is 40.0 Å². The third-order valence-corrected chi connectivity index (χ3v) is 7.48. The predicted octanol–water partition coefficient (Wildman–Crippen LogP) is 6.05. The van der Waals surface area contributed by atoms with E-state index in [1.54, 1.807) is 6.07 Å². The van der Waals surface area contributed by atoms with Gasteiger partial charge in [0.15, 0.2) is 0 Å². The van der Waals surface area contributed by atoms with Gasteiger partial charge in [0.05, 0.1) is 5.56 Å². The molecule has 0 amide bonds. The van der Waals surface area contributed by atoms with E-state index in [4.69, 9.17) is 0 Å². The Morgan fingerprint density at radius 3 is 2.42 bits per heavy atom. The molecule has 0 saturated carbocycles. The summed E-state index contributed by atoms with van der Waals surface area (Å²) >= 11 is 0. The van der Waals surface area contributed by atoms with E-state index in [9.17, 15) is 14.7 Å². The topological polar surface area (TPSA) is 57.6 Å². The maximum atomic E-state index is 11.6. The smallest absolute Gasteiger partial charge is 0.335 e. The first-order chi connectivity index (χ1) is 16.1. The second-order valence-corrected chi connectivity index (χ2v) is 9.51. The summed E-state index contributed by atoms with van der Waals surface area (Å²) in [5, 5.41) is 9.51. The molecule has 1 aliphatic heterocycles. The van der Waals surface area contributed by atoms with Crippen molar-refractivity contribution < 1.29 is 14.7 Å². The molecule has 170 valence electrons. The zero-order valence-electron chi connectivity index (χ0n) is 19.1. The fourth-order valence-electron chi connectivity index (χ4n) is 5.65. The number of carboxylic acids is 1. The highest BCUT2D eigenvalue weighted by Gasteiger charge is 2.24. The number of nitrogens with zero attached hydrogens (tertiary/aromatic N) is 1. The number of aromatic carboxylic acids is 1. The maximum Gasteiger partial charge on any atom is 0.335 e. The molecule has 3 aliphatic rings. The Bertz CT molecular complexity index is 1120. The first-order valence-electron chi connectivity index (χ1n) is 12.2. The third-order valence-electron chi connectivity index (χ3n) is 7.48. The Kier molecular flexibility index (Phi) is 6.17. The standard InChI is InChI=1S/C29H31NO3/c31-19-20-14-16-30(17-15-20)25-11-8-22(9-12-25)28-26(21-4-1-2-5-21)7-3-6-23-18-24(29(32)33)10-13-27(23)28/h4,8-13,18-20H,1-3,5-7,14-17H2,(H,32,33). The van der Waals surface area contributed by atoms with Crippen molar-refractivity contribution in [3.05, 3.63) is 81.9 Å². The van der Waals surface area contributed by atoms with Crippen molar-refractivity contribution in [3.63, 3.8) is 0 Å². The molecule has 4 heteroatoms. The molecule has 2 aromatic rings. The van der Waals surface area contributed by atoms with Crippen LogP contribution in [0.1, 0.15) is 72.0 Å². The molecular weight excluding hydrogens is 410 g/mol. The Hall–Kier alpha value is -3.14. The van der Waals surface area contributed by atoms with Gasteiger partial charge in [-0.2, -0.15) is 0 Å². The monoisotopic (exact) mass is 441 g/mol. The van der Waals surface area contributed by atoms with Crippen LogP contribution < -0.4 is 4.90 Å². The zero-order valence-corrected chi connectivity index (χ0v) is 19.1. The van der Waals surface area contributed by atoms with Crippen LogP contribution in [-0.2, 0) is 11.2 Å². The SMILES string of the molecule is O=CC1CCN(c2ccc(C3=C(C4=CCCC4)CCCc4cc(C(=O)O)ccc43)cc2)CC1. The molecule has 1 saturated heterocycles. The minimum absolute atomic E-state index is 0.200. The van der Waals surface area contributed by atoms with Crippen LogP contribution in [0.5, 0.6) is 0 Å². The summed E-state index contributed by atoms with van der Waals surface area (Å²) in [5.41, 5.74) is 9.29. The molecule has 5 rings (SSSR count). The van der Waals surface area contributed by atoms with Crippen molar-refractivity contribution in [1.29, 1.82) is 0 Å². The highest BCUT2D eigenvalue weighted by molar-refractivity contribution is 5.91. The minimum atomic E-state index is -0.867. The van der Waals surface area contributed by atoms with Crippen LogP contribution in [-0.4, -0.2) is 30.5 Å². The predicted molar refractivity (Wildman–Crippen MR) is 132 cm³/mol. The second kappa shape index (κ2) is 9.38. The van der Waals surface area contributed by atoms with Crippen LogP contribution in [0.15, 0.2) is 59.7 Å². The van der Waals surface area contributed by atoms with E-state index in [0.717, 1.165) is 69.9 Å². The number of carbonyl (C=O) groups excluding carboxylic acids is 1. The van der Waals surface area contributed by atoms with Gasteiger partial charge in [-0.05, 0) is 109 Å². The number of allylic oxidation sites excluding steroid dienone is 3. The number of anilines is 1. The van der Waals surface area contributed by atoms with Crippen molar-refractivity contribution in [2.45, 2.75) is 51.4 Å². The van der Waals surface area contributed by atoms with Crippen molar-refractivity contribution in [2.24, 2.45) is 5.92 Å². The number of carboxylic acid groups (broad SMARTS) is 1. The molecule has 2 aromatic carbocycles. The first kappa shape index (κ1) is 21.7. The Morgan fingerprint density at radius 1 is 0.970 bits per heavy atom. The molecule has 0 unspecified atom stereocenters. The van der Waals surface area contributed by atoms with Gasteiger partial charge in [-0.15, -0.1) is 0 Å². The summed E-state index contributed by atoms with van der Waals surface area (Å²) in [7, 11) is 0. The van der Waals surface area contributed by atoms with Gasteiger partial charge in [0, 0.05) is 24.7 Å². The van der Waals surface area contributed by atoms with Crippen LogP contribution >= 0.6 is 0 Å². The van der Waals surface area contributed by atoms with E-state index in [-0.39, 0.29) is 5.92 Å². The van der Waals surface area contributed by atoms with Gasteiger partial charge in [-0.3, -0.25) is 0 Å². The number of aryl methyl sites for hydroxylation is 1. The van der Waals surface area contributed by atoms with Gasteiger partial charge in [0.1, 0.15) is 6.29 Å². The van der Waals surface area contributed by atoms with Gasteiger partial charge in [-0.25, -0.2) is 4.79 Å². The first-order valence-corrected chi connectivity index (χ1v) is 12.2. The third kappa shape index (κ3) is 4.39. The van der Waals surface area contributed by atoms with Crippen LogP contribution in [0.25, 0.3) is 5.57 Å². The van der Waals surface area contributed by atoms with Crippen LogP contribution in [0.4, 0.5) is 5.69 Å². The summed E-state index contributed by atoms with van der Waals surface area (Å²) in [4.78, 5) is 25.0. The minimum Gasteiger partial charge on any atom is -0.478 e. The molecule has 33 heavy (non-hydrogen) atoms. The highest BCUT2D eigenvalue weighted by atomic mass is 16.4. The normalized spacial score (nSPS) is 19.2.